The van der Waals surface area contributed by atoms with Gasteiger partial charge in [0.25, 0.3) is 0 Å². The molecule has 0 radical (unpaired) electrons. The second kappa shape index (κ2) is 6.25. The number of carbonyl (C=O) groups excluding carboxylic acids is 1. The Morgan fingerprint density at radius 2 is 2.05 bits per heavy atom. The van der Waals surface area contributed by atoms with E-state index in [-0.39, 0.29) is 12.3 Å². The minimum atomic E-state index is -0.378. The Morgan fingerprint density at radius 3 is 2.71 bits per heavy atom. The lowest BCUT2D eigenvalue weighted by molar-refractivity contribution is -0.118. The number of hydrogen-bond acceptors (Lipinski definition) is 5. The van der Waals surface area contributed by atoms with Gasteiger partial charge in [-0.2, -0.15) is 0 Å². The molecule has 2 aromatic heterocycles. The van der Waals surface area contributed by atoms with Crippen LogP contribution in [-0.4, -0.2) is 15.9 Å². The van der Waals surface area contributed by atoms with Crippen LogP contribution in [0.4, 0.5) is 11.6 Å². The van der Waals surface area contributed by atoms with Gasteiger partial charge < -0.3 is 17.2 Å². The standard InChI is InChI=1S/C14H16IN5O/c1-7-4-11(16)20-10(2-3-12(17)21)13(7)9-5-8(15)6-19-14(9)18/h4-6H,2-3H2,1H3,(H2,16,20)(H2,17,21)(H2,18,19). The molecule has 0 aliphatic heterocycles. The summed E-state index contributed by atoms with van der Waals surface area (Å²) in [5.74, 6) is 0.454. The van der Waals surface area contributed by atoms with Crippen LogP contribution in [-0.2, 0) is 11.2 Å². The Balaban J connectivity index is 2.60. The maximum atomic E-state index is 11.0. The molecule has 0 fully saturated rings. The highest BCUT2D eigenvalue weighted by molar-refractivity contribution is 14.1. The van der Waals surface area contributed by atoms with E-state index in [1.165, 1.54) is 0 Å². The van der Waals surface area contributed by atoms with Crippen molar-refractivity contribution in [1.29, 1.82) is 0 Å². The largest absolute Gasteiger partial charge is 0.384 e. The fourth-order valence-corrected chi connectivity index (χ4v) is 2.66. The molecule has 0 aromatic carbocycles. The van der Waals surface area contributed by atoms with Gasteiger partial charge in [-0.05, 0) is 53.6 Å². The van der Waals surface area contributed by atoms with Crippen LogP contribution in [0.1, 0.15) is 17.7 Å². The molecule has 6 nitrogen and oxygen atoms in total. The average molecular weight is 397 g/mol. The van der Waals surface area contributed by atoms with E-state index in [9.17, 15) is 4.79 Å². The predicted molar refractivity (Wildman–Crippen MR) is 91.3 cm³/mol. The van der Waals surface area contributed by atoms with Gasteiger partial charge in [0, 0.05) is 27.3 Å². The first kappa shape index (κ1) is 15.5. The normalized spacial score (nSPS) is 10.6. The molecule has 0 atom stereocenters. The second-order valence-corrected chi connectivity index (χ2v) is 5.98. The number of halogens is 1. The fraction of sp³-hybridized carbons (Fsp3) is 0.214. The van der Waals surface area contributed by atoms with Crippen LogP contribution in [0.5, 0.6) is 0 Å². The summed E-state index contributed by atoms with van der Waals surface area (Å²) in [4.78, 5) is 19.5. The number of amides is 1. The zero-order valence-corrected chi connectivity index (χ0v) is 13.7. The van der Waals surface area contributed by atoms with Crippen LogP contribution in [0.25, 0.3) is 11.1 Å². The number of aromatic nitrogens is 2. The van der Waals surface area contributed by atoms with Gasteiger partial charge in [-0.25, -0.2) is 9.97 Å². The lowest BCUT2D eigenvalue weighted by Gasteiger charge is -2.14. The third-order valence-corrected chi connectivity index (χ3v) is 3.66. The van der Waals surface area contributed by atoms with E-state index in [1.807, 2.05) is 13.0 Å². The molecule has 2 heterocycles. The van der Waals surface area contributed by atoms with Gasteiger partial charge in [-0.1, -0.05) is 0 Å². The zero-order chi connectivity index (χ0) is 15.6. The summed E-state index contributed by atoms with van der Waals surface area (Å²) in [5, 5.41) is 0. The molecule has 6 N–H and O–H groups in total. The molecule has 7 heteroatoms. The van der Waals surface area contributed by atoms with Gasteiger partial charge in [0.1, 0.15) is 11.6 Å². The Kier molecular flexibility index (Phi) is 4.61. The molecule has 1 amide bonds. The first-order chi connectivity index (χ1) is 9.88. The summed E-state index contributed by atoms with van der Waals surface area (Å²) >= 11 is 2.17. The van der Waals surface area contributed by atoms with Gasteiger partial charge in [0.2, 0.25) is 5.91 Å². The van der Waals surface area contributed by atoms with Crippen LogP contribution in [0.3, 0.4) is 0 Å². The van der Waals surface area contributed by atoms with Crippen LogP contribution in [0.2, 0.25) is 0 Å². The summed E-state index contributed by atoms with van der Waals surface area (Å²) in [6.07, 6.45) is 2.32. The molecule has 0 saturated carbocycles. The highest BCUT2D eigenvalue weighted by atomic mass is 127. The molecule has 0 unspecified atom stereocenters. The third-order valence-electron chi connectivity index (χ3n) is 3.07. The molecule has 2 rings (SSSR count). The minimum absolute atomic E-state index is 0.208. The van der Waals surface area contributed by atoms with E-state index in [0.29, 0.717) is 23.8 Å². The zero-order valence-electron chi connectivity index (χ0n) is 11.6. The second-order valence-electron chi connectivity index (χ2n) is 4.74. The Labute approximate surface area is 136 Å². The topological polar surface area (TPSA) is 121 Å². The highest BCUT2D eigenvalue weighted by Crippen LogP contribution is 2.32. The van der Waals surface area contributed by atoms with Gasteiger partial charge >= 0.3 is 0 Å². The summed E-state index contributed by atoms with van der Waals surface area (Å²) in [6, 6.07) is 3.72. The quantitative estimate of drug-likeness (QED) is 0.678. The number of rotatable bonds is 4. The van der Waals surface area contributed by atoms with Gasteiger partial charge in [-0.3, -0.25) is 4.79 Å². The first-order valence-electron chi connectivity index (χ1n) is 6.34. The highest BCUT2D eigenvalue weighted by Gasteiger charge is 2.15. The monoisotopic (exact) mass is 397 g/mol. The number of nitrogens with two attached hydrogens (primary N) is 3. The summed E-state index contributed by atoms with van der Waals surface area (Å²) in [5.41, 5.74) is 20.3. The van der Waals surface area contributed by atoms with Crippen molar-refractivity contribution in [2.45, 2.75) is 19.8 Å². The lowest BCUT2D eigenvalue weighted by Crippen LogP contribution is -2.13. The predicted octanol–water partition coefficient (Wildman–Crippen LogP) is 1.64. The average Bonchev–Trinajstić information content (AvgIpc) is 2.39. The maximum Gasteiger partial charge on any atom is 0.217 e. The molecule has 0 saturated heterocycles. The van der Waals surface area contributed by atoms with E-state index >= 15 is 0 Å². The van der Waals surface area contributed by atoms with E-state index in [4.69, 9.17) is 17.2 Å². The number of primary amides is 1. The van der Waals surface area contributed by atoms with Crippen molar-refractivity contribution in [2.24, 2.45) is 5.73 Å². The number of aryl methyl sites for hydroxylation is 2. The van der Waals surface area contributed by atoms with Gasteiger partial charge in [-0.15, -0.1) is 0 Å². The van der Waals surface area contributed by atoms with Gasteiger partial charge in [0.05, 0.1) is 5.69 Å². The number of pyridine rings is 2. The molecule has 21 heavy (non-hydrogen) atoms. The summed E-state index contributed by atoms with van der Waals surface area (Å²) in [7, 11) is 0. The van der Waals surface area contributed by atoms with Crippen LogP contribution in [0, 0.1) is 10.5 Å². The van der Waals surface area contributed by atoms with Crippen molar-refractivity contribution in [3.8, 4) is 11.1 Å². The number of nitrogens with zero attached hydrogens (tertiary/aromatic N) is 2. The van der Waals surface area contributed by atoms with Crippen molar-refractivity contribution < 1.29 is 4.79 Å². The number of hydrogen-bond donors (Lipinski definition) is 3. The SMILES string of the molecule is Cc1cc(N)nc(CCC(N)=O)c1-c1cc(I)cnc1N. The van der Waals surface area contributed by atoms with Crippen molar-refractivity contribution in [3.05, 3.63) is 33.2 Å². The minimum Gasteiger partial charge on any atom is -0.384 e. The van der Waals surface area contributed by atoms with Gasteiger partial charge in [0.15, 0.2) is 0 Å². The smallest absolute Gasteiger partial charge is 0.217 e. The number of nitrogen functional groups attached to an aromatic ring is 2. The first-order valence-corrected chi connectivity index (χ1v) is 7.42. The molecule has 2 aromatic rings. The Hall–Kier alpha value is -1.90. The van der Waals surface area contributed by atoms with Crippen molar-refractivity contribution in [2.75, 3.05) is 11.5 Å². The van der Waals surface area contributed by atoms with E-state index in [2.05, 4.69) is 32.6 Å². The molecule has 0 spiro atoms. The number of carbonyl (C=O) groups is 1. The lowest BCUT2D eigenvalue weighted by atomic mass is 9.97. The molecule has 0 aliphatic rings. The van der Waals surface area contributed by atoms with Crippen LogP contribution in [0.15, 0.2) is 18.3 Å². The van der Waals surface area contributed by atoms with E-state index in [0.717, 1.165) is 20.3 Å². The van der Waals surface area contributed by atoms with E-state index in [1.54, 1.807) is 12.3 Å². The van der Waals surface area contributed by atoms with Crippen molar-refractivity contribution in [1.82, 2.24) is 9.97 Å². The van der Waals surface area contributed by atoms with Crippen molar-refractivity contribution >= 4 is 40.1 Å². The fourth-order valence-electron chi connectivity index (χ4n) is 2.21. The van der Waals surface area contributed by atoms with E-state index < -0.39 is 0 Å². The number of anilines is 2. The maximum absolute atomic E-state index is 11.0. The Bertz CT molecular complexity index is 702. The van der Waals surface area contributed by atoms with Crippen LogP contribution >= 0.6 is 22.6 Å². The third kappa shape index (κ3) is 3.60. The molecule has 0 bridgehead atoms. The molecule has 0 aliphatic carbocycles. The summed E-state index contributed by atoms with van der Waals surface area (Å²) in [6.45, 7) is 1.93. The van der Waals surface area contributed by atoms with Crippen LogP contribution < -0.4 is 17.2 Å². The summed E-state index contributed by atoms with van der Waals surface area (Å²) < 4.78 is 0.967. The molecular weight excluding hydrogens is 381 g/mol. The molecular formula is C14H16IN5O. The molecule has 110 valence electrons. The Morgan fingerprint density at radius 1 is 1.33 bits per heavy atom. The van der Waals surface area contributed by atoms with Crippen molar-refractivity contribution in [3.63, 3.8) is 0 Å².